The van der Waals surface area contributed by atoms with Crippen molar-refractivity contribution in [3.8, 4) is 0 Å². The van der Waals surface area contributed by atoms with E-state index in [1.165, 1.54) is 12.0 Å². The van der Waals surface area contributed by atoms with E-state index in [2.05, 4.69) is 0 Å². The first-order valence-electron chi connectivity index (χ1n) is 28.2. The number of amides is 1. The summed E-state index contributed by atoms with van der Waals surface area (Å²) >= 11 is 0. The van der Waals surface area contributed by atoms with Crippen molar-refractivity contribution in [1.82, 2.24) is 4.90 Å². The monoisotopic (exact) mass is 1070 g/mol. The molecule has 1 saturated carbocycles. The lowest BCUT2D eigenvalue weighted by molar-refractivity contribution is -0.267. The smallest absolute Gasteiger partial charge is 0.329 e. The van der Waals surface area contributed by atoms with Gasteiger partial charge in [-0.05, 0) is 147 Å². The number of carbonyl (C=O) groups excluding carboxylic acids is 5. The van der Waals surface area contributed by atoms with Crippen LogP contribution in [0, 0.1) is 35.5 Å². The second kappa shape index (κ2) is 29.7. The predicted molar refractivity (Wildman–Crippen MR) is 290 cm³/mol. The molecule has 16 nitrogen and oxygen atoms in total. The van der Waals surface area contributed by atoms with Gasteiger partial charge in [-0.2, -0.15) is 0 Å². The van der Waals surface area contributed by atoms with E-state index in [-0.39, 0.29) is 67.8 Å². The van der Waals surface area contributed by atoms with Gasteiger partial charge in [-0.1, -0.05) is 71.1 Å². The van der Waals surface area contributed by atoms with Gasteiger partial charge in [0.1, 0.15) is 30.1 Å². The molecule has 2 saturated heterocycles. The van der Waals surface area contributed by atoms with E-state index in [4.69, 9.17) is 28.4 Å². The Bertz CT molecular complexity index is 2040. The van der Waals surface area contributed by atoms with E-state index in [1.807, 2.05) is 85.8 Å². The van der Waals surface area contributed by atoms with Crippen molar-refractivity contribution in [1.29, 1.82) is 0 Å². The van der Waals surface area contributed by atoms with Crippen LogP contribution in [0.3, 0.4) is 0 Å². The Kier molecular flexibility index (Phi) is 25.4. The maximum Gasteiger partial charge on any atom is 0.329 e. The van der Waals surface area contributed by atoms with Crippen molar-refractivity contribution in [2.45, 2.75) is 232 Å². The molecule has 3 aliphatic heterocycles. The molecule has 2 bridgehead atoms. The second-order valence-electron chi connectivity index (χ2n) is 24.1. The van der Waals surface area contributed by atoms with E-state index in [0.29, 0.717) is 82.8 Å². The summed E-state index contributed by atoms with van der Waals surface area (Å²) in [6.07, 6.45) is 11.5. The molecule has 1 amide bonds. The van der Waals surface area contributed by atoms with Crippen molar-refractivity contribution in [3.63, 3.8) is 0 Å². The van der Waals surface area contributed by atoms with Gasteiger partial charge < -0.3 is 53.7 Å². The molecule has 432 valence electrons. The first-order valence-corrected chi connectivity index (χ1v) is 28.2. The van der Waals surface area contributed by atoms with Crippen LogP contribution in [0.5, 0.6) is 0 Å². The minimum Gasteiger partial charge on any atom is -0.460 e. The molecule has 15 atom stereocenters. The van der Waals surface area contributed by atoms with Crippen LogP contribution in [0.2, 0.25) is 0 Å². The quantitative estimate of drug-likeness (QED) is 0.0782. The number of allylic oxidation sites excluding steroid dienone is 6. The number of rotatable bonds is 13. The van der Waals surface area contributed by atoms with Crippen molar-refractivity contribution < 1.29 is 72.8 Å². The largest absolute Gasteiger partial charge is 0.460 e. The number of ketones is 3. The Morgan fingerprint density at radius 2 is 1.55 bits per heavy atom. The van der Waals surface area contributed by atoms with Gasteiger partial charge in [-0.25, -0.2) is 4.79 Å². The SMILES string of the molecule is CO[C@@H]1C[C@H](C[C@@H](C)[C@@H]2CC(=O)[C@H](C)/C=C(\C)[C@@H](O)[C@@H](OC)C(=O)[C@H](C)C[C@H](C)/C=C/C=C/C=C(\C)C(OC(C)(C)CCOC(C)(C)CCO)C[C@@H]3CC[C@@H](C)[C@@](O)(O3)C(=O)C(=O)N3CCCC[C@H]3C(=O)O2)CC[C@H]1O. The summed E-state index contributed by atoms with van der Waals surface area (Å²) in [5, 5.41) is 43.9. The van der Waals surface area contributed by atoms with E-state index < -0.39 is 95.1 Å². The molecule has 0 aromatic rings. The van der Waals surface area contributed by atoms with Crippen LogP contribution >= 0.6 is 0 Å². The summed E-state index contributed by atoms with van der Waals surface area (Å²) in [4.78, 5) is 73.0. The molecular formula is C60H97NO15. The minimum atomic E-state index is -2.50. The third-order valence-electron chi connectivity index (χ3n) is 16.6. The van der Waals surface area contributed by atoms with Crippen LogP contribution in [0.4, 0.5) is 0 Å². The van der Waals surface area contributed by atoms with E-state index >= 15 is 0 Å². The molecule has 16 heteroatoms. The number of fused-ring (bicyclic) bond motifs is 3. The number of methoxy groups -OCH3 is 2. The highest BCUT2D eigenvalue weighted by Crippen LogP contribution is 2.39. The number of hydrogen-bond acceptors (Lipinski definition) is 15. The molecule has 0 aromatic heterocycles. The van der Waals surface area contributed by atoms with Gasteiger partial charge in [-0.15, -0.1) is 0 Å². The molecule has 3 heterocycles. The van der Waals surface area contributed by atoms with Crippen LogP contribution in [-0.2, 0) is 52.4 Å². The Hall–Kier alpha value is -3.45. The number of esters is 1. The van der Waals surface area contributed by atoms with Gasteiger partial charge in [-0.3, -0.25) is 19.2 Å². The van der Waals surface area contributed by atoms with Crippen LogP contribution < -0.4 is 0 Å². The zero-order valence-electron chi connectivity index (χ0n) is 48.3. The molecule has 76 heavy (non-hydrogen) atoms. The number of Topliss-reactive ketones (excluding diaryl/α,β-unsaturated/α-hetero) is 3. The fraction of sp³-hybridized carbons (Fsp3) is 0.783. The Morgan fingerprint density at radius 3 is 2.22 bits per heavy atom. The third kappa shape index (κ3) is 18.6. The number of carbonyl (C=O) groups is 5. The fourth-order valence-electron chi connectivity index (χ4n) is 11.3. The average Bonchev–Trinajstić information content (AvgIpc) is 3.36. The lowest BCUT2D eigenvalue weighted by atomic mass is 9.78. The molecule has 4 rings (SSSR count). The zero-order chi connectivity index (χ0) is 56.7. The normalized spacial score (nSPS) is 36.8. The standard InChI is InChI=1S/C60H97NO15/c1-37-19-15-14-16-20-38(2)50(76-59(10,11)27-30-73-58(8,9)26-29-62)35-45-24-22-43(7)60(70,75-45)55(67)56(68)61-28-18-17-21-46(61)57(69)74-49(40(4)33-44-23-25-47(63)51(34-44)71-12)36-48(64)39(3)32-42(6)53(66)54(72-13)52(65)41(5)31-37/h14-16,19-20,32,37,39-41,43-47,49-51,53-54,62-63,66,70H,17-18,21-31,33-36H2,1-13H3/b16-14+,19-15+,38-20+,42-32+/t37-,39-,40-,41-,43-,44+,45+,46+,47-,49+,50?,51-,53-,54+,60-/m1/s1. The maximum atomic E-state index is 14.6. The Morgan fingerprint density at radius 1 is 0.842 bits per heavy atom. The van der Waals surface area contributed by atoms with E-state index in [0.717, 1.165) is 5.57 Å². The van der Waals surface area contributed by atoms with Gasteiger partial charge in [0.15, 0.2) is 5.78 Å². The first kappa shape index (κ1) is 65.1. The van der Waals surface area contributed by atoms with Crippen molar-refractivity contribution in [3.05, 3.63) is 47.6 Å². The maximum absolute atomic E-state index is 14.6. The van der Waals surface area contributed by atoms with Gasteiger partial charge in [0.05, 0.1) is 42.2 Å². The predicted octanol–water partition coefficient (Wildman–Crippen LogP) is 7.90. The minimum absolute atomic E-state index is 0.00411. The summed E-state index contributed by atoms with van der Waals surface area (Å²) in [6.45, 7) is 20.9. The number of aliphatic hydroxyl groups is 4. The van der Waals surface area contributed by atoms with Crippen molar-refractivity contribution in [2.24, 2.45) is 35.5 Å². The van der Waals surface area contributed by atoms with E-state index in [1.54, 1.807) is 34.0 Å². The summed E-state index contributed by atoms with van der Waals surface area (Å²) in [5.74, 6) is -8.32. The highest BCUT2D eigenvalue weighted by molar-refractivity contribution is 6.39. The zero-order valence-corrected chi connectivity index (χ0v) is 48.3. The summed E-state index contributed by atoms with van der Waals surface area (Å²) < 4.78 is 36.9. The van der Waals surface area contributed by atoms with Crippen LogP contribution in [0.25, 0.3) is 0 Å². The van der Waals surface area contributed by atoms with E-state index in [9.17, 15) is 44.4 Å². The summed E-state index contributed by atoms with van der Waals surface area (Å²) in [6, 6.07) is -1.18. The molecule has 3 fully saturated rings. The second-order valence-corrected chi connectivity index (χ2v) is 24.1. The molecule has 0 radical (unpaired) electrons. The summed E-state index contributed by atoms with van der Waals surface area (Å²) in [7, 11) is 2.94. The molecule has 0 spiro atoms. The molecular weight excluding hydrogens is 975 g/mol. The van der Waals surface area contributed by atoms with Crippen LogP contribution in [0.15, 0.2) is 47.6 Å². The van der Waals surface area contributed by atoms with Gasteiger partial charge >= 0.3 is 5.97 Å². The number of aliphatic hydroxyl groups excluding tert-OH is 3. The molecule has 4 aliphatic rings. The molecule has 4 N–H and O–H groups in total. The van der Waals surface area contributed by atoms with Crippen LogP contribution in [-0.4, -0.2) is 154 Å². The number of ether oxygens (including phenoxy) is 6. The Balaban J connectivity index is 1.74. The van der Waals surface area contributed by atoms with Gasteiger partial charge in [0.2, 0.25) is 5.79 Å². The van der Waals surface area contributed by atoms with Gasteiger partial charge in [0.25, 0.3) is 11.7 Å². The molecule has 1 aliphatic carbocycles. The van der Waals surface area contributed by atoms with Gasteiger partial charge in [0, 0.05) is 58.0 Å². The fourth-order valence-corrected chi connectivity index (χ4v) is 11.3. The summed E-state index contributed by atoms with van der Waals surface area (Å²) in [5.41, 5.74) is -0.0378. The number of cyclic esters (lactones) is 1. The average molecular weight is 1070 g/mol. The lowest BCUT2D eigenvalue weighted by Crippen LogP contribution is -2.61. The first-order chi connectivity index (χ1) is 35.7. The number of hydrogen-bond donors (Lipinski definition) is 4. The van der Waals surface area contributed by atoms with Crippen LogP contribution in [0.1, 0.15) is 166 Å². The molecule has 1 unspecified atom stereocenters. The topological polar surface area (TPSA) is 225 Å². The van der Waals surface area contributed by atoms with Crippen molar-refractivity contribution >= 4 is 29.2 Å². The highest BCUT2D eigenvalue weighted by Gasteiger charge is 2.53. The lowest BCUT2D eigenvalue weighted by Gasteiger charge is -2.43. The Labute approximate surface area is 454 Å². The highest BCUT2D eigenvalue weighted by atomic mass is 16.6. The molecule has 0 aromatic carbocycles. The number of nitrogens with zero attached hydrogens (tertiary/aromatic N) is 1. The number of piperidine rings is 1. The van der Waals surface area contributed by atoms with Crippen molar-refractivity contribution in [2.75, 3.05) is 34.0 Å². The third-order valence-corrected chi connectivity index (χ3v) is 16.6.